The molecule has 1 aromatic carbocycles. The third-order valence-corrected chi connectivity index (χ3v) is 4.17. The van der Waals surface area contributed by atoms with Gasteiger partial charge in [-0.2, -0.15) is 11.8 Å². The number of aliphatic hydroxyl groups is 1. The number of carbonyl (C=O) groups is 1. The molecule has 2 N–H and O–H groups in total. The van der Waals surface area contributed by atoms with E-state index in [-0.39, 0.29) is 6.03 Å². The lowest BCUT2D eigenvalue weighted by atomic mass is 10.1. The number of aliphatic hydroxyl groups excluding tert-OH is 1. The summed E-state index contributed by atoms with van der Waals surface area (Å²) in [7, 11) is 1.73. The van der Waals surface area contributed by atoms with Gasteiger partial charge >= 0.3 is 6.03 Å². The predicted octanol–water partition coefficient (Wildman–Crippen LogP) is 3.35. The molecule has 0 aliphatic heterocycles. The number of hydrogen-bond acceptors (Lipinski definition) is 3. The second-order valence-corrected chi connectivity index (χ2v) is 6.17. The van der Waals surface area contributed by atoms with Crippen molar-refractivity contribution in [2.24, 2.45) is 0 Å². The number of amides is 2. The third kappa shape index (κ3) is 5.43. The molecule has 0 unspecified atom stereocenters. The van der Waals surface area contributed by atoms with Crippen molar-refractivity contribution in [3.63, 3.8) is 0 Å². The smallest absolute Gasteiger partial charge is 0.321 e. The highest BCUT2D eigenvalue weighted by atomic mass is 32.2. The van der Waals surface area contributed by atoms with Crippen molar-refractivity contribution in [2.75, 3.05) is 25.2 Å². The number of benzene rings is 1. The molecule has 112 valence electrons. The van der Waals surface area contributed by atoms with Gasteiger partial charge < -0.3 is 15.3 Å². The van der Waals surface area contributed by atoms with Crippen molar-refractivity contribution in [1.82, 2.24) is 4.90 Å². The molecular formula is C15H24N2O2S. The van der Waals surface area contributed by atoms with Crippen molar-refractivity contribution >= 4 is 23.5 Å². The van der Waals surface area contributed by atoms with E-state index in [1.54, 1.807) is 30.6 Å². The molecule has 2 amide bonds. The van der Waals surface area contributed by atoms with Gasteiger partial charge in [-0.3, -0.25) is 0 Å². The second-order valence-electron chi connectivity index (χ2n) is 4.99. The summed E-state index contributed by atoms with van der Waals surface area (Å²) in [5.41, 5.74) is 2.00. The van der Waals surface area contributed by atoms with Crippen molar-refractivity contribution < 1.29 is 9.90 Å². The Labute approximate surface area is 125 Å². The summed E-state index contributed by atoms with van der Waals surface area (Å²) in [5, 5.41) is 12.5. The molecule has 0 aromatic heterocycles. The monoisotopic (exact) mass is 296 g/mol. The van der Waals surface area contributed by atoms with Gasteiger partial charge in [-0.05, 0) is 44.2 Å². The Balaban J connectivity index is 2.61. The maximum Gasteiger partial charge on any atom is 0.321 e. The Bertz CT molecular complexity index is 438. The Morgan fingerprint density at radius 1 is 1.45 bits per heavy atom. The van der Waals surface area contributed by atoms with Gasteiger partial charge in [0.2, 0.25) is 0 Å². The minimum absolute atomic E-state index is 0.153. The normalized spacial score (nSPS) is 13.7. The molecule has 0 saturated carbocycles. The predicted molar refractivity (Wildman–Crippen MR) is 86.3 cm³/mol. The van der Waals surface area contributed by atoms with Gasteiger partial charge in [-0.25, -0.2) is 4.79 Å². The van der Waals surface area contributed by atoms with Crippen LogP contribution >= 0.6 is 11.8 Å². The average Bonchev–Trinajstić information content (AvgIpc) is 2.43. The van der Waals surface area contributed by atoms with Gasteiger partial charge in [0.1, 0.15) is 0 Å². The minimum Gasteiger partial charge on any atom is -0.393 e. The molecule has 0 bridgehead atoms. The molecule has 0 saturated heterocycles. The van der Waals surface area contributed by atoms with E-state index in [0.29, 0.717) is 18.2 Å². The fourth-order valence-electron chi connectivity index (χ4n) is 1.71. The summed E-state index contributed by atoms with van der Waals surface area (Å²) >= 11 is 1.77. The minimum atomic E-state index is -0.393. The molecule has 0 heterocycles. The largest absolute Gasteiger partial charge is 0.393 e. The van der Waals surface area contributed by atoms with Gasteiger partial charge in [0.05, 0.1) is 6.10 Å². The quantitative estimate of drug-likeness (QED) is 0.846. The molecule has 1 rings (SSSR count). The van der Waals surface area contributed by atoms with E-state index < -0.39 is 6.10 Å². The second kappa shape index (κ2) is 8.17. The van der Waals surface area contributed by atoms with Crippen molar-refractivity contribution in [3.8, 4) is 0 Å². The van der Waals surface area contributed by atoms with Crippen LogP contribution in [0.15, 0.2) is 24.3 Å². The highest BCUT2D eigenvalue weighted by Crippen LogP contribution is 2.27. The van der Waals surface area contributed by atoms with E-state index in [1.807, 2.05) is 18.2 Å². The zero-order valence-corrected chi connectivity index (χ0v) is 13.4. The number of carbonyl (C=O) groups excluding carboxylic acids is 1. The maximum atomic E-state index is 12.0. The molecule has 0 radical (unpaired) electrons. The molecule has 20 heavy (non-hydrogen) atoms. The summed E-state index contributed by atoms with van der Waals surface area (Å²) in [6, 6.07) is 7.75. The number of urea groups is 1. The van der Waals surface area contributed by atoms with Crippen LogP contribution in [0.4, 0.5) is 10.5 Å². The lowest BCUT2D eigenvalue weighted by Gasteiger charge is -2.19. The van der Waals surface area contributed by atoms with E-state index in [1.165, 1.54) is 5.56 Å². The Morgan fingerprint density at radius 3 is 2.75 bits per heavy atom. The summed E-state index contributed by atoms with van der Waals surface area (Å²) in [6.07, 6.45) is 2.25. The lowest BCUT2D eigenvalue weighted by molar-refractivity contribution is 0.167. The Morgan fingerprint density at radius 2 is 2.15 bits per heavy atom. The van der Waals surface area contributed by atoms with Crippen molar-refractivity contribution in [3.05, 3.63) is 29.8 Å². The van der Waals surface area contributed by atoms with Gasteiger partial charge in [0.25, 0.3) is 0 Å². The van der Waals surface area contributed by atoms with Gasteiger partial charge in [-0.15, -0.1) is 0 Å². The van der Waals surface area contributed by atoms with E-state index in [2.05, 4.69) is 24.6 Å². The number of thioether (sulfide) groups is 1. The number of nitrogens with one attached hydrogen (secondary N) is 1. The van der Waals surface area contributed by atoms with Crippen molar-refractivity contribution in [2.45, 2.75) is 31.6 Å². The summed E-state index contributed by atoms with van der Waals surface area (Å²) in [5.74, 6) is 0. The molecule has 1 aromatic rings. The van der Waals surface area contributed by atoms with Crippen LogP contribution in [-0.4, -0.2) is 42.0 Å². The first-order chi connectivity index (χ1) is 9.43. The number of rotatable bonds is 6. The molecule has 0 fully saturated rings. The van der Waals surface area contributed by atoms with Gasteiger partial charge in [0.15, 0.2) is 0 Å². The maximum absolute atomic E-state index is 12.0. The first-order valence-electron chi connectivity index (χ1n) is 6.77. The molecule has 4 nitrogen and oxygen atoms in total. The first-order valence-corrected chi connectivity index (χ1v) is 8.05. The van der Waals surface area contributed by atoms with Crippen LogP contribution in [0.25, 0.3) is 0 Å². The van der Waals surface area contributed by atoms with E-state index in [9.17, 15) is 9.90 Å². The van der Waals surface area contributed by atoms with E-state index >= 15 is 0 Å². The molecule has 0 spiro atoms. The fraction of sp³-hybridized carbons (Fsp3) is 0.533. The van der Waals surface area contributed by atoms with Crippen molar-refractivity contribution in [1.29, 1.82) is 0 Å². The van der Waals surface area contributed by atoms with Crippen LogP contribution in [0.3, 0.4) is 0 Å². The standard InChI is InChI=1S/C15H24N2O2S/c1-11(18)8-9-17(3)15(19)16-14-7-5-6-13(10-14)12(2)20-4/h5-7,10-12,18H,8-9H2,1-4H3,(H,16,19)/t11-,12-/m0/s1. The number of anilines is 1. The SMILES string of the molecule is CS[C@@H](C)c1cccc(NC(=O)N(C)CC[C@H](C)O)c1. The van der Waals surface area contributed by atoms with E-state index in [0.717, 1.165) is 5.69 Å². The van der Waals surface area contributed by atoms with Crippen LogP contribution in [0.1, 0.15) is 31.1 Å². The van der Waals surface area contributed by atoms with Crippen LogP contribution < -0.4 is 5.32 Å². The highest BCUT2D eigenvalue weighted by molar-refractivity contribution is 7.98. The average molecular weight is 296 g/mol. The van der Waals surface area contributed by atoms with E-state index in [4.69, 9.17) is 0 Å². The zero-order valence-electron chi connectivity index (χ0n) is 12.6. The lowest BCUT2D eigenvalue weighted by Crippen LogP contribution is -2.33. The van der Waals surface area contributed by atoms with Crippen LogP contribution in [0.2, 0.25) is 0 Å². The summed E-state index contributed by atoms with van der Waals surface area (Å²) < 4.78 is 0. The number of nitrogens with zero attached hydrogens (tertiary/aromatic N) is 1. The Kier molecular flexibility index (Phi) is 6.88. The molecule has 0 aliphatic rings. The zero-order chi connectivity index (χ0) is 15.1. The first kappa shape index (κ1) is 16.9. The molecule has 0 aliphatic carbocycles. The number of hydrogen-bond donors (Lipinski definition) is 2. The highest BCUT2D eigenvalue weighted by Gasteiger charge is 2.11. The molecule has 5 heteroatoms. The molecular weight excluding hydrogens is 272 g/mol. The summed E-state index contributed by atoms with van der Waals surface area (Å²) in [4.78, 5) is 13.6. The fourth-order valence-corrected chi connectivity index (χ4v) is 2.13. The van der Waals surface area contributed by atoms with Gasteiger partial charge in [0, 0.05) is 24.5 Å². The topological polar surface area (TPSA) is 52.6 Å². The Hall–Kier alpha value is -1.20. The summed E-state index contributed by atoms with van der Waals surface area (Å²) in [6.45, 7) is 4.39. The molecule has 2 atom stereocenters. The van der Waals surface area contributed by atoms with Gasteiger partial charge in [-0.1, -0.05) is 12.1 Å². The van der Waals surface area contributed by atoms with Crippen LogP contribution in [0.5, 0.6) is 0 Å². The van der Waals surface area contributed by atoms with Crippen LogP contribution in [0, 0.1) is 0 Å². The third-order valence-electron chi connectivity index (χ3n) is 3.19. The van der Waals surface area contributed by atoms with Crippen LogP contribution in [-0.2, 0) is 0 Å².